The summed E-state index contributed by atoms with van der Waals surface area (Å²) >= 11 is 1.39. The number of anilines is 1. The van der Waals surface area contributed by atoms with Gasteiger partial charge in [0.05, 0.1) is 5.70 Å². The topological polar surface area (TPSA) is 70.2 Å². The van der Waals surface area contributed by atoms with Crippen LogP contribution in [0.1, 0.15) is 24.2 Å². The predicted octanol–water partition coefficient (Wildman–Crippen LogP) is 3.72. The van der Waals surface area contributed by atoms with Gasteiger partial charge in [0.25, 0.3) is 0 Å². The maximum atomic E-state index is 9.73. The van der Waals surface area contributed by atoms with E-state index < -0.39 is 0 Å². The lowest BCUT2D eigenvalue weighted by atomic mass is 10.1. The van der Waals surface area contributed by atoms with Crippen LogP contribution in [-0.2, 0) is 4.79 Å². The van der Waals surface area contributed by atoms with E-state index in [0.717, 1.165) is 11.3 Å². The van der Waals surface area contributed by atoms with Gasteiger partial charge in [-0.15, -0.1) is 11.3 Å². The van der Waals surface area contributed by atoms with Crippen molar-refractivity contribution >= 4 is 28.6 Å². The molecule has 1 amide bonds. The molecule has 1 atom stereocenters. The highest BCUT2D eigenvalue weighted by molar-refractivity contribution is 7.13. The maximum Gasteiger partial charge on any atom is 0.213 e. The molecule has 0 radical (unpaired) electrons. The Bertz CT molecular complexity index is 881. The van der Waals surface area contributed by atoms with Crippen LogP contribution in [0.2, 0.25) is 0 Å². The summed E-state index contributed by atoms with van der Waals surface area (Å²) in [5.74, 6) is 0. The Morgan fingerprint density at radius 3 is 2.63 bits per heavy atom. The van der Waals surface area contributed by atoms with Crippen molar-refractivity contribution in [3.63, 3.8) is 0 Å². The van der Waals surface area contributed by atoms with Crippen molar-refractivity contribution in [3.05, 3.63) is 83.3 Å². The summed E-state index contributed by atoms with van der Waals surface area (Å²) in [7, 11) is 2.11. The lowest BCUT2D eigenvalue weighted by molar-refractivity contribution is -0.105. The molecule has 0 bridgehead atoms. The normalized spacial score (nSPS) is 15.6. The number of nitrogens with zero attached hydrogens (tertiary/aromatic N) is 3. The molecule has 27 heavy (non-hydrogen) atoms. The second-order valence-corrected chi connectivity index (χ2v) is 6.76. The number of benzene rings is 1. The molecule has 0 spiro atoms. The van der Waals surface area contributed by atoms with Crippen LogP contribution in [0.5, 0.6) is 0 Å². The number of carbonyl (C=O) groups is 1. The van der Waals surface area contributed by atoms with Gasteiger partial charge in [0.1, 0.15) is 6.17 Å². The van der Waals surface area contributed by atoms with E-state index in [2.05, 4.69) is 69.8 Å². The SMILES string of the molecule is CC1=C(c2cccnc2)NC(c2ccccc2)N1C.O=CNc1nccs1. The Morgan fingerprint density at radius 2 is 2.00 bits per heavy atom. The molecule has 3 heterocycles. The van der Waals surface area contributed by atoms with Gasteiger partial charge in [-0.1, -0.05) is 30.3 Å². The lowest BCUT2D eigenvalue weighted by Gasteiger charge is -2.23. The van der Waals surface area contributed by atoms with Crippen molar-refractivity contribution in [2.24, 2.45) is 0 Å². The zero-order valence-electron chi connectivity index (χ0n) is 15.2. The first-order valence-electron chi connectivity index (χ1n) is 8.46. The summed E-state index contributed by atoms with van der Waals surface area (Å²) in [6.07, 6.45) is 6.13. The third kappa shape index (κ3) is 4.51. The fourth-order valence-electron chi connectivity index (χ4n) is 2.80. The van der Waals surface area contributed by atoms with Crippen LogP contribution >= 0.6 is 11.3 Å². The molecule has 1 unspecified atom stereocenters. The largest absolute Gasteiger partial charge is 0.360 e. The quantitative estimate of drug-likeness (QED) is 0.676. The molecule has 4 rings (SSSR count). The van der Waals surface area contributed by atoms with Gasteiger partial charge < -0.3 is 15.5 Å². The van der Waals surface area contributed by atoms with Gasteiger partial charge in [-0.25, -0.2) is 4.98 Å². The fraction of sp³-hybridized carbons (Fsp3) is 0.150. The maximum absolute atomic E-state index is 9.73. The van der Waals surface area contributed by atoms with E-state index in [1.165, 1.54) is 22.6 Å². The van der Waals surface area contributed by atoms with E-state index in [0.29, 0.717) is 11.5 Å². The summed E-state index contributed by atoms with van der Waals surface area (Å²) in [6, 6.07) is 14.5. The van der Waals surface area contributed by atoms with E-state index in [1.54, 1.807) is 17.8 Å². The van der Waals surface area contributed by atoms with Crippen LogP contribution in [0, 0.1) is 0 Å². The second kappa shape index (κ2) is 8.95. The van der Waals surface area contributed by atoms with E-state index >= 15 is 0 Å². The molecule has 138 valence electrons. The lowest BCUT2D eigenvalue weighted by Crippen LogP contribution is -2.25. The molecule has 1 aliphatic heterocycles. The molecule has 6 nitrogen and oxygen atoms in total. The minimum Gasteiger partial charge on any atom is -0.360 e. The predicted molar refractivity (Wildman–Crippen MR) is 109 cm³/mol. The molecule has 0 saturated carbocycles. The van der Waals surface area contributed by atoms with Gasteiger partial charge in [-0.2, -0.15) is 0 Å². The van der Waals surface area contributed by atoms with Crippen molar-refractivity contribution < 1.29 is 4.79 Å². The molecular weight excluding hydrogens is 358 g/mol. The van der Waals surface area contributed by atoms with E-state index in [9.17, 15) is 4.79 Å². The summed E-state index contributed by atoms with van der Waals surface area (Å²) in [5.41, 5.74) is 4.79. The van der Waals surface area contributed by atoms with Crippen LogP contribution in [-0.4, -0.2) is 28.3 Å². The van der Waals surface area contributed by atoms with E-state index in [-0.39, 0.29) is 6.17 Å². The zero-order valence-corrected chi connectivity index (χ0v) is 16.0. The highest BCUT2D eigenvalue weighted by atomic mass is 32.1. The molecule has 0 fully saturated rings. The Kier molecular flexibility index (Phi) is 6.17. The summed E-state index contributed by atoms with van der Waals surface area (Å²) in [4.78, 5) is 20.0. The van der Waals surface area contributed by atoms with Crippen molar-refractivity contribution in [2.45, 2.75) is 13.1 Å². The average molecular weight is 379 g/mol. The number of allylic oxidation sites excluding steroid dienone is 1. The number of rotatable bonds is 4. The number of hydrogen-bond acceptors (Lipinski definition) is 6. The van der Waals surface area contributed by atoms with Crippen molar-refractivity contribution in [1.82, 2.24) is 20.2 Å². The Labute approximate surface area is 162 Å². The molecule has 3 aromatic rings. The van der Waals surface area contributed by atoms with Gasteiger partial charge in [-0.05, 0) is 24.6 Å². The number of nitrogens with one attached hydrogen (secondary N) is 2. The number of thiazole rings is 1. The number of amides is 1. The van der Waals surface area contributed by atoms with Crippen LogP contribution < -0.4 is 10.6 Å². The summed E-state index contributed by atoms with van der Waals surface area (Å²) < 4.78 is 0. The molecule has 0 saturated heterocycles. The van der Waals surface area contributed by atoms with Crippen LogP contribution in [0.4, 0.5) is 5.13 Å². The molecule has 0 aliphatic carbocycles. The standard InChI is InChI=1S/C16H17N3.C4H4N2OS/c1-12-15(14-9-6-10-17-11-14)18-16(19(12)2)13-7-4-3-5-8-13;7-3-6-4-5-1-2-8-4/h3-11,16,18H,1-2H3;1-3H,(H,5,6,7). The van der Waals surface area contributed by atoms with E-state index in [4.69, 9.17) is 0 Å². The van der Waals surface area contributed by atoms with Gasteiger partial charge in [0.15, 0.2) is 5.13 Å². The number of carbonyl (C=O) groups excluding carboxylic acids is 1. The Morgan fingerprint density at radius 1 is 1.19 bits per heavy atom. The highest BCUT2D eigenvalue weighted by Crippen LogP contribution is 2.33. The van der Waals surface area contributed by atoms with Gasteiger partial charge >= 0.3 is 0 Å². The van der Waals surface area contributed by atoms with Gasteiger partial charge in [-0.3, -0.25) is 9.78 Å². The minimum atomic E-state index is 0.191. The third-order valence-corrected chi connectivity index (χ3v) is 4.94. The number of aromatic nitrogens is 2. The molecule has 1 aliphatic rings. The Balaban J connectivity index is 0.000000221. The van der Waals surface area contributed by atoms with Crippen molar-refractivity contribution in [1.29, 1.82) is 0 Å². The molecule has 1 aromatic carbocycles. The molecule has 7 heteroatoms. The first-order chi connectivity index (χ1) is 13.2. The average Bonchev–Trinajstić information content (AvgIpc) is 3.33. The zero-order chi connectivity index (χ0) is 19.1. The van der Waals surface area contributed by atoms with E-state index in [1.807, 2.05) is 18.3 Å². The highest BCUT2D eigenvalue weighted by Gasteiger charge is 2.27. The monoisotopic (exact) mass is 379 g/mol. The number of hydrogen-bond donors (Lipinski definition) is 2. The molecule has 2 aromatic heterocycles. The van der Waals surface area contributed by atoms with Crippen molar-refractivity contribution in [2.75, 3.05) is 12.4 Å². The fourth-order valence-corrected chi connectivity index (χ4v) is 3.29. The van der Waals surface area contributed by atoms with Crippen LogP contribution in [0.15, 0.2) is 72.1 Å². The van der Waals surface area contributed by atoms with Crippen LogP contribution in [0.3, 0.4) is 0 Å². The third-order valence-electron chi connectivity index (χ3n) is 4.24. The first-order valence-corrected chi connectivity index (χ1v) is 9.34. The number of pyridine rings is 1. The van der Waals surface area contributed by atoms with Gasteiger partial charge in [0, 0.05) is 42.3 Å². The second-order valence-electron chi connectivity index (χ2n) is 5.87. The first kappa shape index (κ1) is 18.6. The Hall–Kier alpha value is -3.19. The smallest absolute Gasteiger partial charge is 0.213 e. The molecule has 2 N–H and O–H groups in total. The summed E-state index contributed by atoms with van der Waals surface area (Å²) in [5, 5.41) is 8.44. The molecular formula is C20H21N5OS. The minimum absolute atomic E-state index is 0.191. The van der Waals surface area contributed by atoms with Crippen molar-refractivity contribution in [3.8, 4) is 0 Å². The summed E-state index contributed by atoms with van der Waals surface area (Å²) in [6.45, 7) is 2.14. The van der Waals surface area contributed by atoms with Crippen LogP contribution in [0.25, 0.3) is 5.70 Å². The van der Waals surface area contributed by atoms with Gasteiger partial charge in [0.2, 0.25) is 6.41 Å².